The van der Waals surface area contributed by atoms with Crippen molar-refractivity contribution in [1.29, 1.82) is 0 Å². The van der Waals surface area contributed by atoms with Crippen LogP contribution in [0.1, 0.15) is 51.3 Å². The number of nitrogens with zero attached hydrogens (tertiary/aromatic N) is 7. The number of piperidine rings is 1. The molecule has 4 rings (SSSR count). The Kier molecular flexibility index (Phi) is 7.39. The van der Waals surface area contributed by atoms with Crippen molar-refractivity contribution >= 4 is 22.4 Å². The first-order valence-corrected chi connectivity index (χ1v) is 11.9. The number of aliphatic hydroxyl groups is 1. The first kappa shape index (κ1) is 23.4. The van der Waals surface area contributed by atoms with E-state index in [0.717, 1.165) is 67.0 Å². The minimum Gasteiger partial charge on any atom is -0.388 e. The highest BCUT2D eigenvalue weighted by Crippen LogP contribution is 2.34. The Bertz CT molecular complexity index is 1050. The molecule has 0 saturated carbocycles. The Morgan fingerprint density at radius 3 is 2.85 bits per heavy atom. The summed E-state index contributed by atoms with van der Waals surface area (Å²) < 4.78 is 7.14. The summed E-state index contributed by atoms with van der Waals surface area (Å²) in [6, 6.07) is 6.55. The normalized spacial score (nSPS) is 17.6. The molecule has 1 aromatic carbocycles. The largest absolute Gasteiger partial charge is 0.388 e. The summed E-state index contributed by atoms with van der Waals surface area (Å²) in [5, 5.41) is 29.2. The fourth-order valence-electron chi connectivity index (χ4n) is 4.58. The minimum absolute atomic E-state index is 0.109. The molecule has 1 fully saturated rings. The molecule has 3 heterocycles. The zero-order valence-electron chi connectivity index (χ0n) is 20.1. The fraction of sp³-hybridized carbons (Fsp3) is 0.583. The SMILES string of the molecule is CCN(CCOC)c1ccc2c(N3CCCC(C(O)c4cnn(C(C)C)c4)C3)nnnc2c1. The number of likely N-dealkylation sites (N-methyl/N-ethyl adjacent to an activating group) is 1. The van der Waals surface area contributed by atoms with Gasteiger partial charge in [0.25, 0.3) is 0 Å². The zero-order chi connectivity index (χ0) is 23.4. The number of aliphatic hydroxyl groups excluding tert-OH is 1. The van der Waals surface area contributed by atoms with Gasteiger partial charge in [-0.15, -0.1) is 10.2 Å². The van der Waals surface area contributed by atoms with Crippen LogP contribution in [0.2, 0.25) is 0 Å². The van der Waals surface area contributed by atoms with E-state index in [1.165, 1.54) is 0 Å². The van der Waals surface area contributed by atoms with E-state index in [4.69, 9.17) is 4.74 Å². The molecule has 0 aliphatic carbocycles. The van der Waals surface area contributed by atoms with E-state index in [2.05, 4.69) is 69.3 Å². The maximum Gasteiger partial charge on any atom is 0.162 e. The Labute approximate surface area is 195 Å². The molecule has 2 unspecified atom stereocenters. The summed E-state index contributed by atoms with van der Waals surface area (Å²) in [6.45, 7) is 10.3. The number of hydrogen-bond donors (Lipinski definition) is 1. The number of ether oxygens (including phenoxy) is 1. The maximum atomic E-state index is 11.1. The first-order chi connectivity index (χ1) is 16.0. The van der Waals surface area contributed by atoms with Crippen molar-refractivity contribution in [3.8, 4) is 0 Å². The number of aromatic nitrogens is 5. The van der Waals surface area contributed by atoms with Gasteiger partial charge < -0.3 is 19.6 Å². The number of hydrogen-bond acceptors (Lipinski definition) is 8. The molecule has 2 atom stereocenters. The Morgan fingerprint density at radius 1 is 1.27 bits per heavy atom. The second-order valence-electron chi connectivity index (χ2n) is 9.03. The molecule has 0 spiro atoms. The van der Waals surface area contributed by atoms with Crippen LogP contribution in [0.25, 0.3) is 10.9 Å². The van der Waals surface area contributed by atoms with Gasteiger partial charge >= 0.3 is 0 Å². The van der Waals surface area contributed by atoms with E-state index in [1.807, 2.05) is 10.9 Å². The van der Waals surface area contributed by atoms with Crippen molar-refractivity contribution in [2.45, 2.75) is 45.8 Å². The number of methoxy groups -OCH3 is 1. The molecular formula is C24H35N7O2. The van der Waals surface area contributed by atoms with Gasteiger partial charge in [-0.05, 0) is 57.0 Å². The van der Waals surface area contributed by atoms with Crippen molar-refractivity contribution in [3.05, 3.63) is 36.2 Å². The molecule has 9 nitrogen and oxygen atoms in total. The molecule has 3 aromatic rings. The first-order valence-electron chi connectivity index (χ1n) is 11.9. The summed E-state index contributed by atoms with van der Waals surface area (Å²) in [5.41, 5.74) is 2.80. The molecule has 1 aliphatic rings. The summed E-state index contributed by atoms with van der Waals surface area (Å²) in [7, 11) is 1.72. The smallest absolute Gasteiger partial charge is 0.162 e. The van der Waals surface area contributed by atoms with E-state index in [1.54, 1.807) is 13.3 Å². The highest BCUT2D eigenvalue weighted by atomic mass is 16.5. The van der Waals surface area contributed by atoms with Crippen LogP contribution in [0.4, 0.5) is 11.5 Å². The van der Waals surface area contributed by atoms with Gasteiger partial charge in [-0.3, -0.25) is 4.68 Å². The molecule has 0 radical (unpaired) electrons. The molecule has 1 N–H and O–H groups in total. The van der Waals surface area contributed by atoms with Gasteiger partial charge in [0.05, 0.1) is 18.9 Å². The van der Waals surface area contributed by atoms with Gasteiger partial charge in [0.15, 0.2) is 5.82 Å². The highest BCUT2D eigenvalue weighted by Gasteiger charge is 2.29. The molecule has 178 valence electrons. The number of fused-ring (bicyclic) bond motifs is 1. The van der Waals surface area contributed by atoms with Crippen LogP contribution in [0.15, 0.2) is 30.6 Å². The van der Waals surface area contributed by atoms with Gasteiger partial charge in [0.1, 0.15) is 5.52 Å². The van der Waals surface area contributed by atoms with E-state index >= 15 is 0 Å². The predicted octanol–water partition coefficient (Wildman–Crippen LogP) is 3.22. The van der Waals surface area contributed by atoms with Gasteiger partial charge in [0, 0.05) is 68.1 Å². The molecule has 0 bridgehead atoms. The maximum absolute atomic E-state index is 11.1. The lowest BCUT2D eigenvalue weighted by Gasteiger charge is -2.35. The van der Waals surface area contributed by atoms with Crippen molar-refractivity contribution in [2.75, 3.05) is 49.7 Å². The average Bonchev–Trinajstić information content (AvgIpc) is 3.34. The predicted molar refractivity (Wildman–Crippen MR) is 130 cm³/mol. The Hall–Kier alpha value is -2.78. The summed E-state index contributed by atoms with van der Waals surface area (Å²) >= 11 is 0. The molecule has 1 aliphatic heterocycles. The van der Waals surface area contributed by atoms with Crippen LogP contribution in [0.3, 0.4) is 0 Å². The monoisotopic (exact) mass is 453 g/mol. The van der Waals surface area contributed by atoms with Gasteiger partial charge in [0.2, 0.25) is 0 Å². The van der Waals surface area contributed by atoms with Crippen molar-refractivity contribution < 1.29 is 9.84 Å². The van der Waals surface area contributed by atoms with Crippen molar-refractivity contribution in [1.82, 2.24) is 25.2 Å². The molecule has 0 amide bonds. The van der Waals surface area contributed by atoms with Crippen LogP contribution in [0, 0.1) is 5.92 Å². The van der Waals surface area contributed by atoms with Gasteiger partial charge in [-0.2, -0.15) is 5.10 Å². The van der Waals surface area contributed by atoms with Gasteiger partial charge in [-0.25, -0.2) is 0 Å². The van der Waals surface area contributed by atoms with E-state index in [0.29, 0.717) is 6.61 Å². The Morgan fingerprint density at radius 2 is 2.12 bits per heavy atom. The van der Waals surface area contributed by atoms with Crippen LogP contribution >= 0.6 is 0 Å². The second-order valence-corrected chi connectivity index (χ2v) is 9.03. The topological polar surface area (TPSA) is 92.4 Å². The molecular weight excluding hydrogens is 418 g/mol. The van der Waals surface area contributed by atoms with Crippen LogP contribution in [-0.2, 0) is 4.74 Å². The third-order valence-corrected chi connectivity index (χ3v) is 6.52. The second kappa shape index (κ2) is 10.4. The van der Waals surface area contributed by atoms with Crippen LogP contribution in [0.5, 0.6) is 0 Å². The minimum atomic E-state index is -0.549. The molecule has 33 heavy (non-hydrogen) atoms. The van der Waals surface area contributed by atoms with E-state index in [9.17, 15) is 5.11 Å². The van der Waals surface area contributed by atoms with Gasteiger partial charge in [-0.1, -0.05) is 0 Å². The standard InChI is InChI=1S/C24H35N7O2/c1-5-29(11-12-33-4)20-8-9-21-22(13-20)26-28-27-24(21)30-10-6-7-18(15-30)23(32)19-14-25-31(16-19)17(2)3/h8-9,13-14,16-18,23,32H,5-7,10-12,15H2,1-4H3. The number of rotatable bonds is 9. The lowest BCUT2D eigenvalue weighted by molar-refractivity contribution is 0.0979. The summed E-state index contributed by atoms with van der Waals surface area (Å²) in [6.07, 6.45) is 5.16. The summed E-state index contributed by atoms with van der Waals surface area (Å²) in [5.74, 6) is 0.943. The lowest BCUT2D eigenvalue weighted by atomic mass is 9.89. The third-order valence-electron chi connectivity index (χ3n) is 6.52. The van der Waals surface area contributed by atoms with Crippen LogP contribution in [-0.4, -0.2) is 70.2 Å². The lowest BCUT2D eigenvalue weighted by Crippen LogP contribution is -2.38. The Balaban J connectivity index is 1.55. The fourth-order valence-corrected chi connectivity index (χ4v) is 4.58. The third kappa shape index (κ3) is 5.09. The zero-order valence-corrected chi connectivity index (χ0v) is 20.1. The molecule has 9 heteroatoms. The quantitative estimate of drug-likeness (QED) is 0.528. The number of anilines is 2. The van der Waals surface area contributed by atoms with Crippen LogP contribution < -0.4 is 9.80 Å². The van der Waals surface area contributed by atoms with E-state index in [-0.39, 0.29) is 12.0 Å². The average molecular weight is 454 g/mol. The summed E-state index contributed by atoms with van der Waals surface area (Å²) in [4.78, 5) is 4.50. The van der Waals surface area contributed by atoms with Crippen molar-refractivity contribution in [3.63, 3.8) is 0 Å². The van der Waals surface area contributed by atoms with E-state index < -0.39 is 6.10 Å². The molecule has 1 saturated heterocycles. The highest BCUT2D eigenvalue weighted by molar-refractivity contribution is 5.91. The van der Waals surface area contributed by atoms with Crippen molar-refractivity contribution in [2.24, 2.45) is 5.92 Å². The number of benzene rings is 1. The molecule has 2 aromatic heterocycles.